The second-order valence-electron chi connectivity index (χ2n) is 10.3. The standard InChI is InChI=1S/C10H12O8.C9H10O8.C5H6O4.C5H6O3.C4H4O4/c1-5(2)8(15)18-10(9(16)17,3-6(11)12)4-7(13)14;1-2-7(14)17-9(8(15)16,3-5(10)11)4-6(12)13;1-3(5(8)9)2-4(6)7;1-4(6)2-3-5(7)8;5-3(6)1-2-4(7)8/h1,3-4H2,2H3,(H,11,12)(H,13,14)(H,16,17);2H,1,3-4H2,(H,10,11)(H,12,13)(H,15,16);1-2H2,(H,6,7)(H,8,9);2-3,6H,1H2,(H,7,8);1-2H,(H,5,6)(H,7,8)/b;;;3-2+;2-1-. The van der Waals surface area contributed by atoms with Crippen LogP contribution in [0.5, 0.6) is 0 Å². The van der Waals surface area contributed by atoms with Crippen molar-refractivity contribution in [1.29, 1.82) is 0 Å². The molecule has 0 amide bonds. The molecular weight excluding hydrogens is 828 g/mol. The Labute approximate surface area is 334 Å². The molecule has 0 bridgehead atoms. The number of aliphatic carboxylic acids is 11. The fraction of sp³-hybridized carbons (Fsp3) is 0.242. The molecule has 332 valence electrons. The summed E-state index contributed by atoms with van der Waals surface area (Å²) in [6.07, 6.45) is -1.60. The van der Waals surface area contributed by atoms with Gasteiger partial charge in [0.25, 0.3) is 0 Å². The van der Waals surface area contributed by atoms with Gasteiger partial charge in [0.2, 0.25) is 11.2 Å². The fourth-order valence-corrected chi connectivity index (χ4v) is 2.70. The lowest BCUT2D eigenvalue weighted by Crippen LogP contribution is -2.47. The molecule has 27 heteroatoms. The molecule has 0 aliphatic rings. The van der Waals surface area contributed by atoms with Gasteiger partial charge in [-0.15, -0.1) is 0 Å². The van der Waals surface area contributed by atoms with Gasteiger partial charge in [-0.3, -0.25) is 24.0 Å². The number of carbonyl (C=O) groups is 13. The molecule has 0 atom stereocenters. The van der Waals surface area contributed by atoms with Crippen LogP contribution < -0.4 is 0 Å². The van der Waals surface area contributed by atoms with Gasteiger partial charge in [0.1, 0.15) is 5.76 Å². The average Bonchev–Trinajstić information content (AvgIpc) is 3.05. The molecular formula is C33H38O27. The van der Waals surface area contributed by atoms with E-state index < -0.39 is 121 Å². The first-order chi connectivity index (χ1) is 27.1. The van der Waals surface area contributed by atoms with Crippen LogP contribution in [-0.2, 0) is 71.8 Å². The summed E-state index contributed by atoms with van der Waals surface area (Å²) in [7, 11) is 0. The number of aliphatic hydroxyl groups is 1. The maximum absolute atomic E-state index is 11.3. The zero-order valence-corrected chi connectivity index (χ0v) is 30.7. The Hall–Kier alpha value is -8.65. The molecule has 0 rings (SSSR count). The third-order valence-corrected chi connectivity index (χ3v) is 5.08. The smallest absolute Gasteiger partial charge is 0.349 e. The van der Waals surface area contributed by atoms with Gasteiger partial charge in [0.15, 0.2) is 0 Å². The minimum absolute atomic E-state index is 0.170. The van der Waals surface area contributed by atoms with Crippen LogP contribution in [0.15, 0.2) is 73.6 Å². The Morgan fingerprint density at radius 3 is 0.950 bits per heavy atom. The number of carboxylic acid groups (broad SMARTS) is 11. The highest BCUT2D eigenvalue weighted by Crippen LogP contribution is 2.24. The Morgan fingerprint density at radius 2 is 0.783 bits per heavy atom. The maximum atomic E-state index is 11.3. The minimum atomic E-state index is -2.65. The Balaban J connectivity index is -0.000000221. The predicted molar refractivity (Wildman–Crippen MR) is 189 cm³/mol. The zero-order valence-electron chi connectivity index (χ0n) is 30.7. The first-order valence-electron chi connectivity index (χ1n) is 14.8. The summed E-state index contributed by atoms with van der Waals surface area (Å²) >= 11 is 0. The van der Waals surface area contributed by atoms with Crippen molar-refractivity contribution in [2.24, 2.45) is 0 Å². The van der Waals surface area contributed by atoms with E-state index in [9.17, 15) is 62.3 Å². The van der Waals surface area contributed by atoms with E-state index in [0.29, 0.717) is 18.2 Å². The summed E-state index contributed by atoms with van der Waals surface area (Å²) in [4.78, 5) is 135. The van der Waals surface area contributed by atoms with Crippen molar-refractivity contribution in [3.8, 4) is 0 Å². The number of ether oxygens (including phenoxy) is 2. The predicted octanol–water partition coefficient (Wildman–Crippen LogP) is -0.120. The van der Waals surface area contributed by atoms with Crippen LogP contribution >= 0.6 is 0 Å². The van der Waals surface area contributed by atoms with E-state index in [1.54, 1.807) is 0 Å². The molecule has 60 heavy (non-hydrogen) atoms. The Bertz CT molecular complexity index is 1680. The van der Waals surface area contributed by atoms with Gasteiger partial charge in [-0.05, 0) is 13.0 Å². The number of hydrogen-bond donors (Lipinski definition) is 12. The molecule has 0 radical (unpaired) electrons. The molecule has 12 N–H and O–H groups in total. The largest absolute Gasteiger partial charge is 0.509 e. The van der Waals surface area contributed by atoms with E-state index in [2.05, 4.69) is 35.8 Å². The fourth-order valence-electron chi connectivity index (χ4n) is 2.70. The van der Waals surface area contributed by atoms with Crippen LogP contribution in [-0.4, -0.2) is 150 Å². The summed E-state index contributed by atoms with van der Waals surface area (Å²) < 4.78 is 8.84. The molecule has 0 aliphatic heterocycles. The molecule has 0 saturated heterocycles. The molecule has 0 unspecified atom stereocenters. The molecule has 0 fully saturated rings. The van der Waals surface area contributed by atoms with Crippen molar-refractivity contribution in [1.82, 2.24) is 0 Å². The van der Waals surface area contributed by atoms with Crippen molar-refractivity contribution in [2.75, 3.05) is 0 Å². The average molecular weight is 867 g/mol. The van der Waals surface area contributed by atoms with Crippen molar-refractivity contribution in [2.45, 2.75) is 50.2 Å². The van der Waals surface area contributed by atoms with E-state index in [-0.39, 0.29) is 16.9 Å². The lowest BCUT2D eigenvalue weighted by Gasteiger charge is -2.26. The number of aliphatic hydroxyl groups excluding tert-OH is 1. The lowest BCUT2D eigenvalue weighted by atomic mass is 9.95. The first-order valence-corrected chi connectivity index (χ1v) is 14.8. The minimum Gasteiger partial charge on any atom is -0.509 e. The van der Waals surface area contributed by atoms with E-state index in [4.69, 9.17) is 61.3 Å². The molecule has 27 nitrogen and oxygen atoms in total. The van der Waals surface area contributed by atoms with Gasteiger partial charge in [0, 0.05) is 35.5 Å². The summed E-state index contributed by atoms with van der Waals surface area (Å²) in [5.41, 5.74) is -5.75. The number of rotatable bonds is 21. The SMILES string of the molecule is C=C(C)C(=O)OC(CC(=O)O)(CC(=O)O)C(=O)O.C=C(CC(=O)O)C(=O)O.C=C(O)/C=C/C(=O)O.C=CC(=O)OC(CC(=O)O)(CC(=O)O)C(=O)O.O=C(O)/C=C\C(=O)O. The van der Waals surface area contributed by atoms with Crippen molar-refractivity contribution >= 4 is 77.6 Å². The normalized spacial score (nSPS) is 9.88. The van der Waals surface area contributed by atoms with E-state index >= 15 is 0 Å². The lowest BCUT2D eigenvalue weighted by molar-refractivity contribution is -0.184. The summed E-state index contributed by atoms with van der Waals surface area (Å²) in [6, 6.07) is 0. The van der Waals surface area contributed by atoms with Gasteiger partial charge in [-0.25, -0.2) is 38.4 Å². The Kier molecular flexibility index (Phi) is 30.9. The van der Waals surface area contributed by atoms with E-state index in [1.807, 2.05) is 0 Å². The van der Waals surface area contributed by atoms with Gasteiger partial charge in [-0.1, -0.05) is 26.3 Å². The summed E-state index contributed by atoms with van der Waals surface area (Å²) in [5, 5.41) is 99.9. The van der Waals surface area contributed by atoms with Crippen LogP contribution in [0.25, 0.3) is 0 Å². The number of carboxylic acids is 11. The van der Waals surface area contributed by atoms with Gasteiger partial charge in [0.05, 0.1) is 32.1 Å². The maximum Gasteiger partial charge on any atom is 0.349 e. The van der Waals surface area contributed by atoms with Crippen molar-refractivity contribution < 1.29 is 133 Å². The quantitative estimate of drug-likeness (QED) is 0.0309. The van der Waals surface area contributed by atoms with Crippen molar-refractivity contribution in [3.63, 3.8) is 0 Å². The van der Waals surface area contributed by atoms with Crippen LogP contribution in [0.3, 0.4) is 0 Å². The zero-order chi connectivity index (χ0) is 48.7. The highest BCUT2D eigenvalue weighted by molar-refractivity contribution is 5.95. The van der Waals surface area contributed by atoms with Crippen molar-refractivity contribution in [3.05, 3.63) is 73.6 Å². The van der Waals surface area contributed by atoms with Gasteiger partial charge >= 0.3 is 77.6 Å². The number of hydrogen-bond acceptors (Lipinski definition) is 16. The molecule has 0 aromatic rings. The summed E-state index contributed by atoms with van der Waals surface area (Å²) in [6.45, 7) is 13.5. The molecule has 0 saturated carbocycles. The molecule has 0 aromatic heterocycles. The monoisotopic (exact) mass is 866 g/mol. The van der Waals surface area contributed by atoms with Crippen LogP contribution in [0.4, 0.5) is 0 Å². The topological polar surface area (TPSA) is 483 Å². The van der Waals surface area contributed by atoms with E-state index in [1.165, 1.54) is 6.92 Å². The second kappa shape index (κ2) is 30.6. The highest BCUT2D eigenvalue weighted by atomic mass is 16.6. The molecule has 0 spiro atoms. The van der Waals surface area contributed by atoms with Crippen LogP contribution in [0.2, 0.25) is 0 Å². The first kappa shape index (κ1) is 60.6. The third kappa shape index (κ3) is 35.1. The van der Waals surface area contributed by atoms with Gasteiger partial charge in [-0.2, -0.15) is 0 Å². The molecule has 0 heterocycles. The molecule has 0 aromatic carbocycles. The second-order valence-corrected chi connectivity index (χ2v) is 10.3. The van der Waals surface area contributed by atoms with E-state index in [0.717, 1.165) is 12.2 Å². The number of carbonyl (C=O) groups excluding carboxylic acids is 2. The van der Waals surface area contributed by atoms with Crippen LogP contribution in [0, 0.1) is 0 Å². The number of esters is 2. The Morgan fingerprint density at radius 1 is 0.483 bits per heavy atom. The third-order valence-electron chi connectivity index (χ3n) is 5.08. The highest BCUT2D eigenvalue weighted by Gasteiger charge is 2.48. The summed E-state index contributed by atoms with van der Waals surface area (Å²) in [5.74, 6) is -18.8. The van der Waals surface area contributed by atoms with Crippen LogP contribution in [0.1, 0.15) is 39.0 Å². The van der Waals surface area contributed by atoms with Gasteiger partial charge < -0.3 is 70.8 Å². The molecule has 0 aliphatic carbocycles. The number of allylic oxidation sites excluding steroid dienone is 1.